The van der Waals surface area contributed by atoms with Crippen molar-refractivity contribution in [2.75, 3.05) is 12.1 Å². The summed E-state index contributed by atoms with van der Waals surface area (Å²) >= 11 is 1.38. The molecule has 0 bridgehead atoms. The molecule has 0 radical (unpaired) electrons. The van der Waals surface area contributed by atoms with Crippen LogP contribution in [0.5, 0.6) is 11.5 Å². The Balaban J connectivity index is 1.20. The van der Waals surface area contributed by atoms with Gasteiger partial charge in [0.1, 0.15) is 0 Å². The quantitative estimate of drug-likeness (QED) is 0.457. The van der Waals surface area contributed by atoms with Crippen LogP contribution in [0.25, 0.3) is 22.6 Å². The number of aryl methyl sites for hydroxylation is 2. The molecule has 1 aliphatic rings. The standard InChI is InChI=1S/C23H19N3O4S/c1-14-22(15-5-3-2-4-6-15)30-21(24-14)10-9-20(27)26-23-25-17(12-31-23)16-7-8-18-19(11-16)29-13-28-18/h2-8,11-12H,9-10,13H2,1H3,(H,25,26,27). The average Bonchev–Trinajstić information content (AvgIpc) is 3.52. The van der Waals surface area contributed by atoms with Gasteiger partial charge in [-0.15, -0.1) is 11.3 Å². The second-order valence-corrected chi connectivity index (χ2v) is 7.90. The lowest BCUT2D eigenvalue weighted by Gasteiger charge is -2.01. The second kappa shape index (κ2) is 8.23. The van der Waals surface area contributed by atoms with E-state index in [-0.39, 0.29) is 19.1 Å². The maximum absolute atomic E-state index is 12.4. The van der Waals surface area contributed by atoms with Gasteiger partial charge < -0.3 is 19.2 Å². The number of anilines is 1. The van der Waals surface area contributed by atoms with Crippen LogP contribution in [0.4, 0.5) is 5.13 Å². The Morgan fingerprint density at radius 3 is 2.77 bits per heavy atom. The number of fused-ring (bicyclic) bond motifs is 1. The lowest BCUT2D eigenvalue weighted by Crippen LogP contribution is -2.12. The smallest absolute Gasteiger partial charge is 0.231 e. The van der Waals surface area contributed by atoms with Gasteiger partial charge in [0, 0.05) is 29.3 Å². The third kappa shape index (κ3) is 4.15. The average molecular weight is 433 g/mol. The third-order valence-corrected chi connectivity index (χ3v) is 5.62. The molecule has 2 aromatic heterocycles. The third-order valence-electron chi connectivity index (χ3n) is 4.86. The number of hydrogen-bond donors (Lipinski definition) is 1. The minimum atomic E-state index is -0.135. The molecule has 2 aromatic carbocycles. The molecule has 0 saturated carbocycles. The summed E-state index contributed by atoms with van der Waals surface area (Å²) in [7, 11) is 0. The Morgan fingerprint density at radius 1 is 1.06 bits per heavy atom. The normalized spacial score (nSPS) is 12.2. The Morgan fingerprint density at radius 2 is 1.90 bits per heavy atom. The van der Waals surface area contributed by atoms with Crippen molar-refractivity contribution in [1.82, 2.24) is 9.97 Å². The summed E-state index contributed by atoms with van der Waals surface area (Å²) in [6.45, 7) is 2.14. The van der Waals surface area contributed by atoms with E-state index in [2.05, 4.69) is 15.3 Å². The largest absolute Gasteiger partial charge is 0.454 e. The topological polar surface area (TPSA) is 86.5 Å². The SMILES string of the molecule is Cc1nc(CCC(=O)Nc2nc(-c3ccc4c(c3)OCO4)cs2)oc1-c1ccccc1. The number of ether oxygens (including phenoxy) is 2. The maximum atomic E-state index is 12.4. The zero-order chi connectivity index (χ0) is 21.2. The Labute approximate surface area is 182 Å². The van der Waals surface area contributed by atoms with E-state index in [1.165, 1.54) is 11.3 Å². The van der Waals surface area contributed by atoms with Gasteiger partial charge in [-0.3, -0.25) is 4.79 Å². The number of thiazole rings is 1. The lowest BCUT2D eigenvalue weighted by molar-refractivity contribution is -0.116. The van der Waals surface area contributed by atoms with Crippen LogP contribution >= 0.6 is 11.3 Å². The number of oxazole rings is 1. The fourth-order valence-corrected chi connectivity index (χ4v) is 4.07. The van der Waals surface area contributed by atoms with Gasteiger partial charge in [-0.25, -0.2) is 9.97 Å². The zero-order valence-electron chi connectivity index (χ0n) is 16.8. The van der Waals surface area contributed by atoms with Crippen molar-refractivity contribution < 1.29 is 18.7 Å². The zero-order valence-corrected chi connectivity index (χ0v) is 17.6. The summed E-state index contributed by atoms with van der Waals surface area (Å²) in [5, 5.41) is 5.30. The van der Waals surface area contributed by atoms with E-state index >= 15 is 0 Å². The van der Waals surface area contributed by atoms with Crippen molar-refractivity contribution in [1.29, 1.82) is 0 Å². The van der Waals surface area contributed by atoms with Crippen LogP contribution in [0, 0.1) is 6.92 Å². The highest BCUT2D eigenvalue weighted by atomic mass is 32.1. The molecule has 0 fully saturated rings. The molecule has 7 nitrogen and oxygen atoms in total. The number of carbonyl (C=O) groups is 1. The maximum Gasteiger partial charge on any atom is 0.231 e. The summed E-state index contributed by atoms with van der Waals surface area (Å²) in [4.78, 5) is 21.4. The van der Waals surface area contributed by atoms with Gasteiger partial charge in [0.25, 0.3) is 0 Å². The van der Waals surface area contributed by atoms with Crippen LogP contribution in [0.2, 0.25) is 0 Å². The highest BCUT2D eigenvalue weighted by molar-refractivity contribution is 7.14. The summed E-state index contributed by atoms with van der Waals surface area (Å²) in [6, 6.07) is 15.5. The van der Waals surface area contributed by atoms with E-state index in [4.69, 9.17) is 13.9 Å². The fourth-order valence-electron chi connectivity index (χ4n) is 3.34. The first-order chi connectivity index (χ1) is 15.2. The molecule has 0 aliphatic carbocycles. The highest BCUT2D eigenvalue weighted by Gasteiger charge is 2.16. The molecule has 1 amide bonds. The van der Waals surface area contributed by atoms with Crippen molar-refractivity contribution in [2.45, 2.75) is 19.8 Å². The Bertz CT molecular complexity index is 1230. The van der Waals surface area contributed by atoms with Gasteiger partial charge in [-0.05, 0) is 25.1 Å². The van der Waals surface area contributed by atoms with Crippen LogP contribution < -0.4 is 14.8 Å². The van der Waals surface area contributed by atoms with E-state index in [1.807, 2.05) is 60.8 Å². The molecule has 5 rings (SSSR count). The number of nitrogens with one attached hydrogen (secondary N) is 1. The van der Waals surface area contributed by atoms with Crippen molar-refractivity contribution in [3.8, 4) is 34.1 Å². The Kier molecular flexibility index (Phi) is 5.13. The number of amides is 1. The molecule has 0 saturated heterocycles. The van der Waals surface area contributed by atoms with Crippen LogP contribution in [-0.2, 0) is 11.2 Å². The van der Waals surface area contributed by atoms with Crippen LogP contribution in [0.15, 0.2) is 58.3 Å². The summed E-state index contributed by atoms with van der Waals surface area (Å²) < 4.78 is 16.6. The molecule has 8 heteroatoms. The van der Waals surface area contributed by atoms with Gasteiger partial charge in [0.15, 0.2) is 28.3 Å². The first-order valence-electron chi connectivity index (χ1n) is 9.83. The van der Waals surface area contributed by atoms with Gasteiger partial charge in [-0.2, -0.15) is 0 Å². The molecular formula is C23H19N3O4S. The molecule has 1 N–H and O–H groups in total. The van der Waals surface area contributed by atoms with Crippen molar-refractivity contribution >= 4 is 22.4 Å². The number of hydrogen-bond acceptors (Lipinski definition) is 7. The van der Waals surface area contributed by atoms with Crippen LogP contribution in [-0.4, -0.2) is 22.7 Å². The summed E-state index contributed by atoms with van der Waals surface area (Å²) in [5.74, 6) is 2.58. The number of nitrogens with zero attached hydrogens (tertiary/aromatic N) is 2. The Hall–Kier alpha value is -3.65. The van der Waals surface area contributed by atoms with Gasteiger partial charge >= 0.3 is 0 Å². The van der Waals surface area contributed by atoms with Crippen LogP contribution in [0.3, 0.4) is 0 Å². The van der Waals surface area contributed by atoms with Crippen molar-refractivity contribution in [2.24, 2.45) is 0 Å². The number of benzene rings is 2. The van der Waals surface area contributed by atoms with Gasteiger partial charge in [-0.1, -0.05) is 30.3 Å². The predicted molar refractivity (Wildman–Crippen MR) is 117 cm³/mol. The van der Waals surface area contributed by atoms with E-state index in [0.29, 0.717) is 23.2 Å². The lowest BCUT2D eigenvalue weighted by atomic mass is 10.1. The second-order valence-electron chi connectivity index (χ2n) is 7.04. The monoisotopic (exact) mass is 433 g/mol. The summed E-state index contributed by atoms with van der Waals surface area (Å²) in [5.41, 5.74) is 3.47. The number of carbonyl (C=O) groups excluding carboxylic acids is 1. The van der Waals surface area contributed by atoms with Crippen molar-refractivity contribution in [3.05, 3.63) is 65.5 Å². The molecular weight excluding hydrogens is 414 g/mol. The number of rotatable bonds is 6. The summed E-state index contributed by atoms with van der Waals surface area (Å²) in [6.07, 6.45) is 0.674. The van der Waals surface area contributed by atoms with Gasteiger partial charge in [0.2, 0.25) is 12.7 Å². The first-order valence-corrected chi connectivity index (χ1v) is 10.7. The predicted octanol–water partition coefficient (Wildman–Crippen LogP) is 5.07. The molecule has 3 heterocycles. The van der Waals surface area contributed by atoms with E-state index in [9.17, 15) is 4.79 Å². The van der Waals surface area contributed by atoms with E-state index < -0.39 is 0 Å². The highest BCUT2D eigenvalue weighted by Crippen LogP contribution is 2.36. The van der Waals surface area contributed by atoms with E-state index in [1.54, 1.807) is 0 Å². The molecule has 0 spiro atoms. The fraction of sp³-hybridized carbons (Fsp3) is 0.174. The van der Waals surface area contributed by atoms with Gasteiger partial charge in [0.05, 0.1) is 11.4 Å². The number of aromatic nitrogens is 2. The molecule has 1 aliphatic heterocycles. The first kappa shape index (κ1) is 19.3. The van der Waals surface area contributed by atoms with Crippen molar-refractivity contribution in [3.63, 3.8) is 0 Å². The minimum absolute atomic E-state index is 0.135. The molecule has 0 atom stereocenters. The molecule has 156 valence electrons. The van der Waals surface area contributed by atoms with E-state index in [0.717, 1.165) is 34.0 Å². The molecule has 31 heavy (non-hydrogen) atoms. The molecule has 0 unspecified atom stereocenters. The van der Waals surface area contributed by atoms with Crippen LogP contribution in [0.1, 0.15) is 18.0 Å². The molecule has 4 aromatic rings. The minimum Gasteiger partial charge on any atom is -0.454 e.